The summed E-state index contributed by atoms with van der Waals surface area (Å²) >= 11 is 20.0. The van der Waals surface area contributed by atoms with Crippen LogP contribution in [0.4, 0.5) is 0 Å². The minimum absolute atomic E-state index is 0.158. The first-order chi connectivity index (χ1) is 12.3. The number of amidine groups is 1. The van der Waals surface area contributed by atoms with Crippen LogP contribution in [0.3, 0.4) is 0 Å². The fourth-order valence-corrected chi connectivity index (χ4v) is 4.25. The maximum atomic E-state index is 12.0. The molecule has 0 fully saturated rings. The summed E-state index contributed by atoms with van der Waals surface area (Å²) < 4.78 is 0.495. The Hall–Kier alpha value is -1.60. The Bertz CT molecular complexity index is 939. The molecule has 1 aliphatic rings. The minimum atomic E-state index is -1.05. The molecule has 1 N–H and O–H groups in total. The Kier molecular flexibility index (Phi) is 5.58. The number of carbonyl (C=O) groups is 1. The van der Waals surface area contributed by atoms with Gasteiger partial charge >= 0.3 is 5.97 Å². The van der Waals surface area contributed by atoms with Gasteiger partial charge in [-0.15, -0.1) is 11.3 Å². The average Bonchev–Trinajstić information content (AvgIpc) is 2.99. The quantitative estimate of drug-likeness (QED) is 0.716. The van der Waals surface area contributed by atoms with E-state index in [4.69, 9.17) is 34.8 Å². The second kappa shape index (κ2) is 7.56. The van der Waals surface area contributed by atoms with Gasteiger partial charge in [0.05, 0.1) is 22.8 Å². The van der Waals surface area contributed by atoms with Crippen LogP contribution in [0.5, 0.6) is 0 Å². The number of nitrogens with zero attached hydrogens (tertiary/aromatic N) is 3. The highest BCUT2D eigenvalue weighted by atomic mass is 35.5. The zero-order valence-corrected chi connectivity index (χ0v) is 16.9. The van der Waals surface area contributed by atoms with Gasteiger partial charge in [-0.25, -0.2) is 14.8 Å². The van der Waals surface area contributed by atoms with Crippen molar-refractivity contribution in [3.8, 4) is 0 Å². The Balaban J connectivity index is 2.25. The first-order valence-electron chi connectivity index (χ1n) is 7.68. The van der Waals surface area contributed by atoms with Crippen LogP contribution in [0, 0.1) is 0 Å². The lowest BCUT2D eigenvalue weighted by atomic mass is 9.93. The van der Waals surface area contributed by atoms with E-state index < -0.39 is 12.0 Å². The Labute approximate surface area is 169 Å². The number of carboxylic acid groups (broad SMARTS) is 1. The van der Waals surface area contributed by atoms with E-state index in [2.05, 4.69) is 9.98 Å². The number of rotatable bonds is 4. The van der Waals surface area contributed by atoms with Crippen molar-refractivity contribution in [2.75, 3.05) is 6.54 Å². The van der Waals surface area contributed by atoms with Crippen LogP contribution in [0.2, 0.25) is 14.4 Å². The number of aromatic nitrogens is 1. The molecule has 1 aliphatic heterocycles. The fourth-order valence-electron chi connectivity index (χ4n) is 2.98. The van der Waals surface area contributed by atoms with Crippen LogP contribution in [-0.4, -0.2) is 33.3 Å². The Morgan fingerprint density at radius 2 is 2.08 bits per heavy atom. The molecular formula is C17H14Cl3N3O2S. The molecule has 9 heteroatoms. The molecule has 26 heavy (non-hydrogen) atoms. The Morgan fingerprint density at radius 1 is 1.35 bits per heavy atom. The van der Waals surface area contributed by atoms with E-state index in [-0.39, 0.29) is 5.57 Å². The van der Waals surface area contributed by atoms with E-state index in [1.807, 2.05) is 11.8 Å². The maximum absolute atomic E-state index is 12.0. The van der Waals surface area contributed by atoms with Crippen molar-refractivity contribution in [3.05, 3.63) is 60.6 Å². The monoisotopic (exact) mass is 429 g/mol. The number of thiazole rings is 1. The van der Waals surface area contributed by atoms with Crippen LogP contribution in [0.1, 0.15) is 31.1 Å². The molecule has 2 heterocycles. The van der Waals surface area contributed by atoms with Gasteiger partial charge in [0.2, 0.25) is 0 Å². The second-order valence-electron chi connectivity index (χ2n) is 5.57. The van der Waals surface area contributed by atoms with Crippen LogP contribution in [0.15, 0.2) is 40.0 Å². The number of aliphatic carboxylic acids is 1. The molecule has 5 nitrogen and oxygen atoms in total. The maximum Gasteiger partial charge on any atom is 0.335 e. The topological polar surface area (TPSA) is 65.8 Å². The molecule has 0 saturated carbocycles. The van der Waals surface area contributed by atoms with Gasteiger partial charge in [0.25, 0.3) is 0 Å². The summed E-state index contributed by atoms with van der Waals surface area (Å²) in [6.07, 6.45) is 0. The lowest BCUT2D eigenvalue weighted by Gasteiger charge is -2.37. The van der Waals surface area contributed by atoms with Gasteiger partial charge in [0.1, 0.15) is 10.0 Å². The molecule has 136 valence electrons. The number of benzene rings is 1. The summed E-state index contributed by atoms with van der Waals surface area (Å²) in [4.78, 5) is 22.6. The smallest absolute Gasteiger partial charge is 0.335 e. The normalized spacial score (nSPS) is 17.5. The van der Waals surface area contributed by atoms with Gasteiger partial charge in [-0.2, -0.15) is 0 Å². The standard InChI is InChI=1S/C17H14Cl3N3O2S/c1-3-23-14(10-5-4-9(18)6-11(10)19)12(17(24)25)8(2)22-16(23)13-15(20)26-7-21-13/h4-7,14H,3H2,1-2H3,(H,24,25). The van der Waals surface area contributed by atoms with Gasteiger partial charge in [0.15, 0.2) is 5.84 Å². The van der Waals surface area contributed by atoms with Gasteiger partial charge in [0, 0.05) is 16.6 Å². The predicted molar refractivity (Wildman–Crippen MR) is 106 cm³/mol. The van der Waals surface area contributed by atoms with E-state index >= 15 is 0 Å². The number of carboxylic acids is 1. The molecule has 2 aromatic rings. The molecule has 1 unspecified atom stereocenters. The predicted octanol–water partition coefficient (Wildman–Crippen LogP) is 5.29. The van der Waals surface area contributed by atoms with Gasteiger partial charge < -0.3 is 10.0 Å². The van der Waals surface area contributed by atoms with E-state index in [0.717, 1.165) is 0 Å². The zero-order chi connectivity index (χ0) is 19.0. The molecule has 1 aromatic heterocycles. The van der Waals surface area contributed by atoms with E-state index in [1.54, 1.807) is 30.6 Å². The first kappa shape index (κ1) is 19.2. The highest BCUT2D eigenvalue weighted by Gasteiger charge is 2.37. The lowest BCUT2D eigenvalue weighted by Crippen LogP contribution is -2.41. The third-order valence-corrected chi connectivity index (χ3v) is 5.70. The van der Waals surface area contributed by atoms with E-state index in [9.17, 15) is 9.90 Å². The molecule has 0 amide bonds. The molecular weight excluding hydrogens is 417 g/mol. The number of allylic oxidation sites excluding steroid dienone is 1. The number of likely N-dealkylation sites (N-methyl/N-ethyl adjacent to an activating group) is 1. The highest BCUT2D eigenvalue weighted by molar-refractivity contribution is 7.14. The zero-order valence-electron chi connectivity index (χ0n) is 13.8. The molecule has 0 bridgehead atoms. The second-order valence-corrected chi connectivity index (χ2v) is 7.87. The lowest BCUT2D eigenvalue weighted by molar-refractivity contribution is -0.133. The number of hydrogen-bond donors (Lipinski definition) is 1. The van der Waals surface area contributed by atoms with Crippen molar-refractivity contribution in [3.63, 3.8) is 0 Å². The van der Waals surface area contributed by atoms with Crippen molar-refractivity contribution >= 4 is 57.9 Å². The van der Waals surface area contributed by atoms with Crippen LogP contribution < -0.4 is 0 Å². The summed E-state index contributed by atoms with van der Waals surface area (Å²) in [5, 5.41) is 10.7. The summed E-state index contributed by atoms with van der Waals surface area (Å²) in [5.74, 6) is -0.526. The van der Waals surface area contributed by atoms with Crippen molar-refractivity contribution in [1.82, 2.24) is 9.88 Å². The van der Waals surface area contributed by atoms with Crippen molar-refractivity contribution < 1.29 is 9.90 Å². The van der Waals surface area contributed by atoms with Crippen molar-refractivity contribution in [1.29, 1.82) is 0 Å². The fraction of sp³-hybridized carbons (Fsp3) is 0.235. The number of halogens is 3. The summed E-state index contributed by atoms with van der Waals surface area (Å²) in [5.41, 5.74) is 3.33. The third-order valence-electron chi connectivity index (χ3n) is 4.08. The molecule has 0 spiro atoms. The SMILES string of the molecule is CCN1C(c2ncsc2Cl)=NC(C)=C(C(=O)O)C1c1ccc(Cl)cc1Cl. The van der Waals surface area contributed by atoms with Gasteiger partial charge in [-0.1, -0.05) is 40.9 Å². The molecule has 1 atom stereocenters. The number of hydrogen-bond acceptors (Lipinski definition) is 5. The molecule has 1 aromatic carbocycles. The molecule has 3 rings (SSSR count). The molecule has 0 radical (unpaired) electrons. The van der Waals surface area contributed by atoms with Crippen molar-refractivity contribution in [2.45, 2.75) is 19.9 Å². The highest BCUT2D eigenvalue weighted by Crippen LogP contribution is 2.40. The van der Waals surface area contributed by atoms with Gasteiger partial charge in [-0.3, -0.25) is 0 Å². The largest absolute Gasteiger partial charge is 0.478 e. The molecule has 0 saturated heterocycles. The van der Waals surface area contributed by atoms with Gasteiger partial charge in [-0.05, 0) is 31.5 Å². The molecule has 0 aliphatic carbocycles. The summed E-state index contributed by atoms with van der Waals surface area (Å²) in [6, 6.07) is 4.39. The minimum Gasteiger partial charge on any atom is -0.478 e. The van der Waals surface area contributed by atoms with E-state index in [1.165, 1.54) is 11.3 Å². The van der Waals surface area contributed by atoms with Crippen LogP contribution >= 0.6 is 46.1 Å². The first-order valence-corrected chi connectivity index (χ1v) is 9.70. The summed E-state index contributed by atoms with van der Waals surface area (Å²) in [7, 11) is 0. The third kappa shape index (κ3) is 3.34. The van der Waals surface area contributed by atoms with Crippen LogP contribution in [-0.2, 0) is 4.79 Å². The number of aliphatic imine (C=N–C) groups is 1. The average molecular weight is 431 g/mol. The van der Waals surface area contributed by atoms with Crippen molar-refractivity contribution in [2.24, 2.45) is 4.99 Å². The van der Waals surface area contributed by atoms with E-state index in [0.29, 0.717) is 43.7 Å². The van der Waals surface area contributed by atoms with Crippen LogP contribution in [0.25, 0.3) is 0 Å². The summed E-state index contributed by atoms with van der Waals surface area (Å²) in [6.45, 7) is 4.06. The Morgan fingerprint density at radius 3 is 2.62 bits per heavy atom.